The van der Waals surface area contributed by atoms with E-state index in [2.05, 4.69) is 0 Å². The van der Waals surface area contributed by atoms with Gasteiger partial charge in [0.05, 0.1) is 5.57 Å². The SMILES string of the molecule is CCN(C)/C=C(/C(=O)C(F)(F)F)c1ccccc1. The minimum absolute atomic E-state index is 0.264. The van der Waals surface area contributed by atoms with Crippen LogP contribution in [0.5, 0.6) is 0 Å². The Morgan fingerprint density at radius 2 is 1.83 bits per heavy atom. The predicted molar refractivity (Wildman–Crippen MR) is 63.8 cm³/mol. The van der Waals surface area contributed by atoms with Crippen LogP contribution < -0.4 is 0 Å². The van der Waals surface area contributed by atoms with Gasteiger partial charge in [-0.3, -0.25) is 4.79 Å². The molecule has 0 saturated carbocycles. The van der Waals surface area contributed by atoms with E-state index in [0.29, 0.717) is 6.54 Å². The molecule has 0 bridgehead atoms. The minimum atomic E-state index is -4.86. The second-order valence-electron chi connectivity index (χ2n) is 3.81. The van der Waals surface area contributed by atoms with E-state index in [9.17, 15) is 18.0 Å². The molecule has 1 aromatic rings. The van der Waals surface area contributed by atoms with Crippen LogP contribution in [0.15, 0.2) is 36.5 Å². The highest BCUT2D eigenvalue weighted by atomic mass is 19.4. The van der Waals surface area contributed by atoms with Crippen molar-refractivity contribution in [1.82, 2.24) is 4.90 Å². The Bertz CT molecular complexity index is 437. The molecule has 1 aromatic carbocycles. The summed E-state index contributed by atoms with van der Waals surface area (Å²) in [4.78, 5) is 12.9. The van der Waals surface area contributed by atoms with Crippen molar-refractivity contribution in [3.05, 3.63) is 42.1 Å². The van der Waals surface area contributed by atoms with Gasteiger partial charge in [-0.1, -0.05) is 30.3 Å². The van der Waals surface area contributed by atoms with Gasteiger partial charge in [0.15, 0.2) is 0 Å². The van der Waals surface area contributed by atoms with Crippen LogP contribution in [0.2, 0.25) is 0 Å². The van der Waals surface area contributed by atoms with Gasteiger partial charge in [-0.2, -0.15) is 13.2 Å². The average Bonchev–Trinajstić information content (AvgIpc) is 2.34. The Kier molecular flexibility index (Phi) is 4.53. The van der Waals surface area contributed by atoms with E-state index in [1.54, 1.807) is 32.2 Å². The molecule has 0 aliphatic rings. The molecule has 98 valence electrons. The summed E-state index contributed by atoms with van der Waals surface area (Å²) < 4.78 is 37.6. The molecule has 0 fully saturated rings. The standard InChI is InChI=1S/C13H14F3NO/c1-3-17(2)9-11(12(18)13(14,15)16)10-7-5-4-6-8-10/h4-9H,3H2,1-2H3/b11-9+. The molecule has 1 rings (SSSR count). The maximum atomic E-state index is 12.5. The molecule has 0 atom stereocenters. The van der Waals surface area contributed by atoms with Crippen LogP contribution in [0.3, 0.4) is 0 Å². The number of carbonyl (C=O) groups excluding carboxylic acids is 1. The number of hydrogen-bond donors (Lipinski definition) is 0. The van der Waals surface area contributed by atoms with Crippen LogP contribution in [-0.4, -0.2) is 30.5 Å². The van der Waals surface area contributed by atoms with Crippen molar-refractivity contribution >= 4 is 11.4 Å². The number of rotatable bonds is 4. The lowest BCUT2D eigenvalue weighted by molar-refractivity contribution is -0.164. The number of nitrogens with zero attached hydrogens (tertiary/aromatic N) is 1. The zero-order valence-electron chi connectivity index (χ0n) is 10.2. The lowest BCUT2D eigenvalue weighted by Gasteiger charge is -2.15. The molecule has 0 saturated heterocycles. The van der Waals surface area contributed by atoms with Crippen LogP contribution in [0.1, 0.15) is 12.5 Å². The fraction of sp³-hybridized carbons (Fsp3) is 0.308. The summed E-state index contributed by atoms with van der Waals surface area (Å²) in [6, 6.07) is 7.85. The van der Waals surface area contributed by atoms with Crippen molar-refractivity contribution < 1.29 is 18.0 Å². The summed E-state index contributed by atoms with van der Waals surface area (Å²) in [5.41, 5.74) is -0.0763. The van der Waals surface area contributed by atoms with Gasteiger partial charge >= 0.3 is 6.18 Å². The molecule has 0 spiro atoms. The first kappa shape index (κ1) is 14.3. The Labute approximate surface area is 104 Å². The molecule has 0 aliphatic heterocycles. The van der Waals surface area contributed by atoms with Gasteiger partial charge in [0, 0.05) is 19.8 Å². The third-order valence-corrected chi connectivity index (χ3v) is 2.44. The van der Waals surface area contributed by atoms with E-state index in [4.69, 9.17) is 0 Å². The number of alkyl halides is 3. The van der Waals surface area contributed by atoms with E-state index in [-0.39, 0.29) is 11.1 Å². The number of allylic oxidation sites excluding steroid dienone is 1. The molecule has 0 N–H and O–H groups in total. The van der Waals surface area contributed by atoms with Gasteiger partial charge in [-0.25, -0.2) is 0 Å². The van der Waals surface area contributed by atoms with Crippen molar-refractivity contribution in [3.8, 4) is 0 Å². The zero-order valence-corrected chi connectivity index (χ0v) is 10.2. The topological polar surface area (TPSA) is 20.3 Å². The third-order valence-electron chi connectivity index (χ3n) is 2.44. The molecular formula is C13H14F3NO. The van der Waals surface area contributed by atoms with Crippen molar-refractivity contribution in [2.75, 3.05) is 13.6 Å². The van der Waals surface area contributed by atoms with Gasteiger partial charge in [0.1, 0.15) is 0 Å². The molecule has 0 radical (unpaired) electrons. The molecular weight excluding hydrogens is 243 g/mol. The minimum Gasteiger partial charge on any atom is -0.380 e. The number of hydrogen-bond acceptors (Lipinski definition) is 2. The van der Waals surface area contributed by atoms with Crippen molar-refractivity contribution in [2.24, 2.45) is 0 Å². The average molecular weight is 257 g/mol. The lowest BCUT2D eigenvalue weighted by Crippen LogP contribution is -2.25. The molecule has 5 heteroatoms. The first-order valence-corrected chi connectivity index (χ1v) is 5.45. The molecule has 0 heterocycles. The Morgan fingerprint density at radius 3 is 2.28 bits per heavy atom. The van der Waals surface area contributed by atoms with Crippen LogP contribution in [0.25, 0.3) is 5.57 Å². The monoisotopic (exact) mass is 257 g/mol. The molecule has 2 nitrogen and oxygen atoms in total. The highest BCUT2D eigenvalue weighted by molar-refractivity contribution is 6.23. The lowest BCUT2D eigenvalue weighted by atomic mass is 10.0. The van der Waals surface area contributed by atoms with Crippen molar-refractivity contribution in [2.45, 2.75) is 13.1 Å². The molecule has 0 aliphatic carbocycles. The highest BCUT2D eigenvalue weighted by Crippen LogP contribution is 2.27. The first-order chi connectivity index (χ1) is 8.36. The normalized spacial score (nSPS) is 12.4. The molecule has 0 aromatic heterocycles. The number of carbonyl (C=O) groups is 1. The van der Waals surface area contributed by atoms with E-state index in [0.717, 1.165) is 0 Å². The third kappa shape index (κ3) is 3.61. The second kappa shape index (κ2) is 5.71. The van der Waals surface area contributed by atoms with Crippen LogP contribution in [0.4, 0.5) is 13.2 Å². The second-order valence-corrected chi connectivity index (χ2v) is 3.81. The smallest absolute Gasteiger partial charge is 0.380 e. The zero-order chi connectivity index (χ0) is 13.8. The summed E-state index contributed by atoms with van der Waals surface area (Å²) in [6.45, 7) is 2.30. The Balaban J connectivity index is 3.20. The Hall–Kier alpha value is -1.78. The maximum Gasteiger partial charge on any atom is 0.454 e. The number of halogens is 3. The van der Waals surface area contributed by atoms with E-state index < -0.39 is 12.0 Å². The highest BCUT2D eigenvalue weighted by Gasteiger charge is 2.41. The number of ketones is 1. The van der Waals surface area contributed by atoms with E-state index >= 15 is 0 Å². The van der Waals surface area contributed by atoms with Gasteiger partial charge in [0.2, 0.25) is 0 Å². The fourth-order valence-electron chi connectivity index (χ4n) is 1.35. The fourth-order valence-corrected chi connectivity index (χ4v) is 1.35. The molecule has 0 unspecified atom stereocenters. The summed E-state index contributed by atoms with van der Waals surface area (Å²) in [5.74, 6) is -1.82. The van der Waals surface area contributed by atoms with Gasteiger partial charge < -0.3 is 4.90 Å². The van der Waals surface area contributed by atoms with Crippen LogP contribution >= 0.6 is 0 Å². The van der Waals surface area contributed by atoms with Crippen LogP contribution in [-0.2, 0) is 4.79 Å². The number of Topliss-reactive ketones (excluding diaryl/α,β-unsaturated/α-hetero) is 1. The summed E-state index contributed by atoms with van der Waals surface area (Å²) in [6.07, 6.45) is -3.64. The Morgan fingerprint density at radius 1 is 1.28 bits per heavy atom. The summed E-state index contributed by atoms with van der Waals surface area (Å²) in [7, 11) is 1.62. The predicted octanol–water partition coefficient (Wildman–Crippen LogP) is 3.11. The van der Waals surface area contributed by atoms with Crippen molar-refractivity contribution in [3.63, 3.8) is 0 Å². The van der Waals surface area contributed by atoms with Crippen molar-refractivity contribution in [1.29, 1.82) is 0 Å². The maximum absolute atomic E-state index is 12.5. The van der Waals surface area contributed by atoms with Crippen LogP contribution in [0, 0.1) is 0 Å². The summed E-state index contributed by atoms with van der Waals surface area (Å²) in [5, 5.41) is 0. The largest absolute Gasteiger partial charge is 0.454 e. The molecule has 18 heavy (non-hydrogen) atoms. The molecule has 0 amide bonds. The number of benzene rings is 1. The first-order valence-electron chi connectivity index (χ1n) is 5.45. The van der Waals surface area contributed by atoms with E-state index in [1.165, 1.54) is 23.2 Å². The summed E-state index contributed by atoms with van der Waals surface area (Å²) >= 11 is 0. The van der Waals surface area contributed by atoms with Gasteiger partial charge in [-0.05, 0) is 12.5 Å². The van der Waals surface area contributed by atoms with E-state index in [1.807, 2.05) is 0 Å². The van der Waals surface area contributed by atoms with Gasteiger partial charge in [-0.15, -0.1) is 0 Å². The quantitative estimate of drug-likeness (QED) is 0.772. The van der Waals surface area contributed by atoms with Gasteiger partial charge in [0.25, 0.3) is 5.78 Å².